The number of halogens is 3. The van der Waals surface area contributed by atoms with Crippen LogP contribution in [-0.4, -0.2) is 27.8 Å². The van der Waals surface area contributed by atoms with Gasteiger partial charge in [0, 0.05) is 24.5 Å². The van der Waals surface area contributed by atoms with E-state index in [0.29, 0.717) is 0 Å². The zero-order valence-electron chi connectivity index (χ0n) is 7.22. The predicted octanol–water partition coefficient (Wildman–Crippen LogP) is 3.18. The van der Waals surface area contributed by atoms with Crippen molar-refractivity contribution in [3.63, 3.8) is 0 Å². The molecule has 1 nitrogen and oxygen atoms in total. The van der Waals surface area contributed by atoms with Crippen LogP contribution in [0.5, 0.6) is 0 Å². The van der Waals surface area contributed by atoms with Crippen LogP contribution in [0.15, 0.2) is 11.6 Å². The Morgan fingerprint density at radius 1 is 1.46 bits per heavy atom. The molecule has 0 unspecified atom stereocenters. The lowest BCUT2D eigenvalue weighted by molar-refractivity contribution is 0.241. The molecule has 1 heterocycles. The molecule has 2 aliphatic rings. The van der Waals surface area contributed by atoms with Crippen molar-refractivity contribution in [1.29, 1.82) is 0 Å². The Bertz CT molecular complexity index is 230. The van der Waals surface area contributed by atoms with E-state index in [9.17, 15) is 0 Å². The van der Waals surface area contributed by atoms with Gasteiger partial charge < -0.3 is 0 Å². The first-order valence-electron chi connectivity index (χ1n) is 4.51. The Labute approximate surface area is 101 Å². The first kappa shape index (κ1) is 10.5. The lowest BCUT2D eigenvalue weighted by Gasteiger charge is -2.23. The van der Waals surface area contributed by atoms with E-state index in [4.69, 9.17) is 11.6 Å². The van der Waals surface area contributed by atoms with Crippen molar-refractivity contribution >= 4 is 43.5 Å². The van der Waals surface area contributed by atoms with Gasteiger partial charge >= 0.3 is 0 Å². The van der Waals surface area contributed by atoms with E-state index < -0.39 is 0 Å². The molecule has 0 aromatic rings. The second-order valence-electron chi connectivity index (χ2n) is 3.80. The van der Waals surface area contributed by atoms with Crippen LogP contribution in [0.4, 0.5) is 0 Å². The van der Waals surface area contributed by atoms with Crippen molar-refractivity contribution in [2.75, 3.05) is 19.6 Å². The second-order valence-corrected chi connectivity index (χ2v) is 7.74. The zero-order valence-corrected chi connectivity index (χ0v) is 11.1. The van der Waals surface area contributed by atoms with Gasteiger partial charge in [-0.3, -0.25) is 4.90 Å². The summed E-state index contributed by atoms with van der Waals surface area (Å²) >= 11 is 12.9. The van der Waals surface area contributed by atoms with Gasteiger partial charge in [0.1, 0.15) is 0 Å². The topological polar surface area (TPSA) is 3.24 Å². The van der Waals surface area contributed by atoms with E-state index in [1.54, 1.807) is 5.54 Å². The molecular formula is C9H12Br2ClN. The molecule has 74 valence electrons. The van der Waals surface area contributed by atoms with E-state index in [1.807, 2.05) is 6.08 Å². The lowest BCUT2D eigenvalue weighted by atomic mass is 10.1. The fraction of sp³-hybridized carbons (Fsp3) is 0.778. The monoisotopic (exact) mass is 327 g/mol. The van der Waals surface area contributed by atoms with E-state index in [0.717, 1.165) is 18.4 Å². The fourth-order valence-electron chi connectivity index (χ4n) is 2.15. The van der Waals surface area contributed by atoms with Crippen molar-refractivity contribution in [2.45, 2.75) is 9.65 Å². The van der Waals surface area contributed by atoms with Crippen LogP contribution in [0.25, 0.3) is 0 Å². The van der Waals surface area contributed by atoms with Crippen molar-refractivity contribution < 1.29 is 0 Å². The molecule has 0 aromatic carbocycles. The molecule has 0 N–H and O–H groups in total. The minimum atomic E-state index is 0.249. The van der Waals surface area contributed by atoms with Crippen molar-refractivity contribution in [3.05, 3.63) is 11.6 Å². The van der Waals surface area contributed by atoms with Gasteiger partial charge in [-0.25, -0.2) is 0 Å². The summed E-state index contributed by atoms with van der Waals surface area (Å²) in [7, 11) is 0. The van der Waals surface area contributed by atoms with Crippen LogP contribution >= 0.6 is 43.5 Å². The third-order valence-electron chi connectivity index (χ3n) is 3.03. The summed E-state index contributed by atoms with van der Waals surface area (Å²) in [5.74, 6) is 1.62. The number of likely N-dealkylation sites (tertiary alicyclic amines) is 1. The summed E-state index contributed by atoms with van der Waals surface area (Å²) in [6.45, 7) is 3.37. The summed E-state index contributed by atoms with van der Waals surface area (Å²) in [6, 6.07) is 0. The minimum absolute atomic E-state index is 0.249. The molecule has 2 atom stereocenters. The Balaban J connectivity index is 1.86. The van der Waals surface area contributed by atoms with Gasteiger partial charge in [-0.1, -0.05) is 49.5 Å². The number of nitrogens with zero attached hydrogens (tertiary/aromatic N) is 1. The normalized spacial score (nSPS) is 37.8. The molecule has 0 spiro atoms. The van der Waals surface area contributed by atoms with E-state index >= 15 is 0 Å². The molecule has 0 aromatic heterocycles. The zero-order chi connectivity index (χ0) is 9.47. The molecule has 2 fully saturated rings. The third-order valence-corrected chi connectivity index (χ3v) is 5.56. The van der Waals surface area contributed by atoms with Crippen LogP contribution in [0.3, 0.4) is 0 Å². The van der Waals surface area contributed by atoms with Crippen molar-refractivity contribution in [2.24, 2.45) is 11.8 Å². The van der Waals surface area contributed by atoms with Gasteiger partial charge in [0.2, 0.25) is 0 Å². The van der Waals surface area contributed by atoms with Crippen LogP contribution in [0.2, 0.25) is 0 Å². The predicted molar refractivity (Wildman–Crippen MR) is 63.6 cm³/mol. The number of hydrogen-bond acceptors (Lipinski definition) is 1. The number of hydrogen-bond donors (Lipinski definition) is 0. The number of rotatable bonds is 2. The average Bonchev–Trinajstić information content (AvgIpc) is 2.66. The Morgan fingerprint density at radius 2 is 2.23 bits per heavy atom. The highest BCUT2D eigenvalue weighted by molar-refractivity contribution is 9.25. The summed E-state index contributed by atoms with van der Waals surface area (Å²) in [6.07, 6.45) is 3.30. The van der Waals surface area contributed by atoms with E-state index in [1.165, 1.54) is 19.5 Å². The Kier molecular flexibility index (Phi) is 3.09. The van der Waals surface area contributed by atoms with Gasteiger partial charge in [0.25, 0.3) is 0 Å². The maximum absolute atomic E-state index is 5.50. The standard InChI is InChI=1S/C9H12Br2ClN/c10-9(11)7-2-5-13(4-1-3-12)6-8(7)9/h1,3,7-8H,2,4-6H2/b3-1+/t7-,8+/m0/s1. The largest absolute Gasteiger partial charge is 0.299 e. The van der Waals surface area contributed by atoms with Gasteiger partial charge in [-0.05, 0) is 18.9 Å². The highest BCUT2D eigenvalue weighted by atomic mass is 79.9. The number of alkyl halides is 2. The molecule has 1 aliphatic carbocycles. The smallest absolute Gasteiger partial charge is 0.0881 e. The van der Waals surface area contributed by atoms with Crippen LogP contribution in [-0.2, 0) is 0 Å². The van der Waals surface area contributed by atoms with Crippen molar-refractivity contribution in [3.8, 4) is 0 Å². The molecule has 2 rings (SSSR count). The molecular weight excluding hydrogens is 317 g/mol. The van der Waals surface area contributed by atoms with Crippen molar-refractivity contribution in [1.82, 2.24) is 4.90 Å². The van der Waals surface area contributed by atoms with Crippen LogP contribution in [0.1, 0.15) is 6.42 Å². The summed E-state index contributed by atoms with van der Waals surface area (Å²) in [4.78, 5) is 2.45. The van der Waals surface area contributed by atoms with E-state index in [2.05, 4.69) is 36.8 Å². The fourth-order valence-corrected chi connectivity index (χ4v) is 3.99. The summed E-state index contributed by atoms with van der Waals surface area (Å²) in [5.41, 5.74) is 1.61. The SMILES string of the molecule is Cl/C=C/CN1CC[C@H]2[C@@H](C1)C2(Br)Br. The quantitative estimate of drug-likeness (QED) is 0.704. The molecule has 0 amide bonds. The molecule has 1 saturated heterocycles. The average molecular weight is 329 g/mol. The third kappa shape index (κ3) is 1.99. The van der Waals surface area contributed by atoms with Crippen LogP contribution in [0, 0.1) is 11.8 Å². The summed E-state index contributed by atoms with van der Waals surface area (Å²) < 4.78 is 0.249. The van der Waals surface area contributed by atoms with E-state index in [-0.39, 0.29) is 3.23 Å². The highest BCUT2D eigenvalue weighted by Gasteiger charge is 2.62. The Hall–Kier alpha value is 0.950. The molecule has 1 aliphatic heterocycles. The first-order valence-corrected chi connectivity index (χ1v) is 6.54. The molecule has 13 heavy (non-hydrogen) atoms. The number of fused-ring (bicyclic) bond motifs is 1. The Morgan fingerprint density at radius 3 is 2.85 bits per heavy atom. The molecule has 0 radical (unpaired) electrons. The van der Waals surface area contributed by atoms with Crippen LogP contribution < -0.4 is 0 Å². The summed E-state index contributed by atoms with van der Waals surface area (Å²) in [5, 5.41) is 0. The first-order chi connectivity index (χ1) is 6.16. The van der Waals surface area contributed by atoms with Gasteiger partial charge in [-0.2, -0.15) is 0 Å². The number of piperidine rings is 1. The molecule has 1 saturated carbocycles. The maximum Gasteiger partial charge on any atom is 0.0881 e. The second kappa shape index (κ2) is 3.84. The minimum Gasteiger partial charge on any atom is -0.299 e. The molecule has 4 heteroatoms. The van der Waals surface area contributed by atoms with Gasteiger partial charge in [0.15, 0.2) is 0 Å². The van der Waals surface area contributed by atoms with Gasteiger partial charge in [0.05, 0.1) is 3.23 Å². The van der Waals surface area contributed by atoms with Gasteiger partial charge in [-0.15, -0.1) is 0 Å². The maximum atomic E-state index is 5.50. The highest BCUT2D eigenvalue weighted by Crippen LogP contribution is 2.64. The lowest BCUT2D eigenvalue weighted by Crippen LogP contribution is -2.31. The molecule has 0 bridgehead atoms.